The van der Waals surface area contributed by atoms with Crippen LogP contribution in [0.15, 0.2) is 36.1 Å². The Morgan fingerprint density at radius 1 is 1.21 bits per heavy atom. The number of allylic oxidation sites excluding steroid dienone is 1. The molecule has 2 rings (SSSR count). The molecule has 1 heterocycles. The standard InChI is InChI=1S/C13H11F3O3/c14-13(15,16)19-11-5-3-9(4-6-11)12(17)10-2-1-7-18-8-10/h3-6,8H,1-2,7H2. The highest BCUT2D eigenvalue weighted by molar-refractivity contribution is 6.08. The van der Waals surface area contributed by atoms with Crippen LogP contribution in [0.5, 0.6) is 5.75 Å². The smallest absolute Gasteiger partial charge is 0.501 e. The van der Waals surface area contributed by atoms with Gasteiger partial charge in [-0.25, -0.2) is 0 Å². The molecule has 0 N–H and O–H groups in total. The molecule has 19 heavy (non-hydrogen) atoms. The molecule has 0 unspecified atom stereocenters. The normalized spacial score (nSPS) is 15.4. The van der Waals surface area contributed by atoms with Gasteiger partial charge in [0.2, 0.25) is 0 Å². The second kappa shape index (κ2) is 5.34. The highest BCUT2D eigenvalue weighted by atomic mass is 19.4. The number of Topliss-reactive ketones (excluding diaryl/α,β-unsaturated/α-hetero) is 1. The van der Waals surface area contributed by atoms with Crippen LogP contribution >= 0.6 is 0 Å². The molecule has 0 fully saturated rings. The van der Waals surface area contributed by atoms with Gasteiger partial charge in [-0.05, 0) is 37.1 Å². The zero-order chi connectivity index (χ0) is 13.9. The Hall–Kier alpha value is -1.98. The third kappa shape index (κ3) is 3.74. The molecule has 0 aliphatic carbocycles. The molecule has 0 spiro atoms. The molecule has 1 aromatic rings. The summed E-state index contributed by atoms with van der Waals surface area (Å²) in [6.07, 6.45) is -1.95. The number of ether oxygens (including phenoxy) is 2. The van der Waals surface area contributed by atoms with Crippen LogP contribution in [-0.4, -0.2) is 18.8 Å². The van der Waals surface area contributed by atoms with Crippen molar-refractivity contribution in [3.05, 3.63) is 41.7 Å². The number of carbonyl (C=O) groups excluding carboxylic acids is 1. The van der Waals surface area contributed by atoms with Crippen molar-refractivity contribution in [1.29, 1.82) is 0 Å². The largest absolute Gasteiger partial charge is 0.573 e. The summed E-state index contributed by atoms with van der Waals surface area (Å²) in [5, 5.41) is 0. The van der Waals surface area contributed by atoms with E-state index in [1.165, 1.54) is 18.4 Å². The Kier molecular flexibility index (Phi) is 3.78. The number of alkyl halides is 3. The van der Waals surface area contributed by atoms with Crippen molar-refractivity contribution < 1.29 is 27.4 Å². The van der Waals surface area contributed by atoms with Gasteiger partial charge in [0.25, 0.3) is 0 Å². The number of hydrogen-bond acceptors (Lipinski definition) is 3. The van der Waals surface area contributed by atoms with Crippen LogP contribution in [0.3, 0.4) is 0 Å². The van der Waals surface area contributed by atoms with E-state index in [0.29, 0.717) is 24.2 Å². The van der Waals surface area contributed by atoms with Gasteiger partial charge in [0.05, 0.1) is 12.9 Å². The first kappa shape index (κ1) is 13.5. The first-order valence-corrected chi connectivity index (χ1v) is 5.67. The Bertz CT molecular complexity index is 489. The number of ketones is 1. The van der Waals surface area contributed by atoms with E-state index in [1.807, 2.05) is 0 Å². The van der Waals surface area contributed by atoms with Crippen molar-refractivity contribution >= 4 is 5.78 Å². The van der Waals surface area contributed by atoms with E-state index in [-0.39, 0.29) is 11.5 Å². The Morgan fingerprint density at radius 3 is 2.42 bits per heavy atom. The SMILES string of the molecule is O=C(C1=COCCC1)c1ccc(OC(F)(F)F)cc1. The number of halogens is 3. The summed E-state index contributed by atoms with van der Waals surface area (Å²) in [6, 6.07) is 4.84. The van der Waals surface area contributed by atoms with Crippen molar-refractivity contribution in [2.24, 2.45) is 0 Å². The van der Waals surface area contributed by atoms with Crippen LogP contribution in [-0.2, 0) is 4.74 Å². The lowest BCUT2D eigenvalue weighted by molar-refractivity contribution is -0.274. The summed E-state index contributed by atoms with van der Waals surface area (Å²) in [4.78, 5) is 12.0. The van der Waals surface area contributed by atoms with Gasteiger partial charge in [-0.1, -0.05) is 0 Å². The molecule has 0 saturated heterocycles. The monoisotopic (exact) mass is 272 g/mol. The number of rotatable bonds is 3. The van der Waals surface area contributed by atoms with Crippen LogP contribution in [0.1, 0.15) is 23.2 Å². The molecular weight excluding hydrogens is 261 g/mol. The lowest BCUT2D eigenvalue weighted by Gasteiger charge is -2.13. The van der Waals surface area contributed by atoms with Crippen molar-refractivity contribution in [1.82, 2.24) is 0 Å². The second-order valence-corrected chi connectivity index (χ2v) is 4.02. The van der Waals surface area contributed by atoms with E-state index in [0.717, 1.165) is 18.6 Å². The van der Waals surface area contributed by atoms with Gasteiger partial charge < -0.3 is 9.47 Å². The molecule has 0 radical (unpaired) electrons. The van der Waals surface area contributed by atoms with E-state index in [2.05, 4.69) is 4.74 Å². The molecular formula is C13H11F3O3. The van der Waals surface area contributed by atoms with Crippen molar-refractivity contribution in [2.75, 3.05) is 6.61 Å². The van der Waals surface area contributed by atoms with Gasteiger partial charge >= 0.3 is 6.36 Å². The van der Waals surface area contributed by atoms with Gasteiger partial charge in [-0.3, -0.25) is 4.79 Å². The molecule has 1 aromatic carbocycles. The van der Waals surface area contributed by atoms with Gasteiger partial charge in [-0.2, -0.15) is 0 Å². The van der Waals surface area contributed by atoms with E-state index in [1.54, 1.807) is 0 Å². The molecule has 102 valence electrons. The summed E-state index contributed by atoms with van der Waals surface area (Å²) in [5.74, 6) is -0.587. The van der Waals surface area contributed by atoms with Gasteiger partial charge in [-0.15, -0.1) is 13.2 Å². The van der Waals surface area contributed by atoms with E-state index >= 15 is 0 Å². The summed E-state index contributed by atoms with van der Waals surface area (Å²) in [5.41, 5.74) is 0.835. The summed E-state index contributed by atoms with van der Waals surface area (Å²) in [6.45, 7) is 0.579. The third-order valence-corrected chi connectivity index (χ3v) is 2.58. The molecule has 0 amide bonds. The van der Waals surface area contributed by atoms with Gasteiger partial charge in [0, 0.05) is 11.1 Å². The summed E-state index contributed by atoms with van der Waals surface area (Å²) < 4.78 is 44.7. The Labute approximate surface area is 107 Å². The van der Waals surface area contributed by atoms with Crippen LogP contribution < -0.4 is 4.74 Å². The van der Waals surface area contributed by atoms with Crippen molar-refractivity contribution in [3.8, 4) is 5.75 Å². The Balaban J connectivity index is 2.10. The maximum Gasteiger partial charge on any atom is 0.573 e. The molecule has 0 saturated carbocycles. The zero-order valence-corrected chi connectivity index (χ0v) is 9.87. The van der Waals surface area contributed by atoms with Crippen LogP contribution in [0, 0.1) is 0 Å². The van der Waals surface area contributed by atoms with Crippen molar-refractivity contribution in [2.45, 2.75) is 19.2 Å². The average Bonchev–Trinajstić information content (AvgIpc) is 2.38. The summed E-state index contributed by atoms with van der Waals surface area (Å²) in [7, 11) is 0. The number of carbonyl (C=O) groups is 1. The minimum absolute atomic E-state index is 0.238. The first-order valence-electron chi connectivity index (χ1n) is 5.67. The molecule has 3 nitrogen and oxygen atoms in total. The number of hydrogen-bond donors (Lipinski definition) is 0. The minimum Gasteiger partial charge on any atom is -0.501 e. The quantitative estimate of drug-likeness (QED) is 0.790. The van der Waals surface area contributed by atoms with Crippen molar-refractivity contribution in [3.63, 3.8) is 0 Å². The molecule has 6 heteroatoms. The van der Waals surface area contributed by atoms with Gasteiger partial charge in [0.1, 0.15) is 5.75 Å². The number of benzene rings is 1. The molecule has 0 aromatic heterocycles. The van der Waals surface area contributed by atoms with Crippen LogP contribution in [0.4, 0.5) is 13.2 Å². The van der Waals surface area contributed by atoms with Gasteiger partial charge in [0.15, 0.2) is 5.78 Å². The molecule has 1 aliphatic heterocycles. The molecule has 1 aliphatic rings. The maximum absolute atomic E-state index is 12.0. The molecule has 0 atom stereocenters. The van der Waals surface area contributed by atoms with E-state index < -0.39 is 6.36 Å². The van der Waals surface area contributed by atoms with E-state index in [4.69, 9.17) is 4.74 Å². The first-order chi connectivity index (χ1) is 8.96. The second-order valence-electron chi connectivity index (χ2n) is 4.02. The van der Waals surface area contributed by atoms with E-state index in [9.17, 15) is 18.0 Å². The lowest BCUT2D eigenvalue weighted by Crippen LogP contribution is -2.17. The van der Waals surface area contributed by atoms with Crippen LogP contribution in [0.2, 0.25) is 0 Å². The highest BCUT2D eigenvalue weighted by Gasteiger charge is 2.31. The minimum atomic E-state index is -4.73. The fourth-order valence-electron chi connectivity index (χ4n) is 1.72. The zero-order valence-electron chi connectivity index (χ0n) is 9.87. The predicted octanol–water partition coefficient (Wildman–Crippen LogP) is 3.46. The average molecular weight is 272 g/mol. The Morgan fingerprint density at radius 2 is 1.89 bits per heavy atom. The highest BCUT2D eigenvalue weighted by Crippen LogP contribution is 2.24. The predicted molar refractivity (Wildman–Crippen MR) is 60.7 cm³/mol. The fraction of sp³-hybridized carbons (Fsp3) is 0.308. The summed E-state index contributed by atoms with van der Waals surface area (Å²) >= 11 is 0. The topological polar surface area (TPSA) is 35.5 Å². The van der Waals surface area contributed by atoms with Crippen LogP contribution in [0.25, 0.3) is 0 Å². The third-order valence-electron chi connectivity index (χ3n) is 2.58. The lowest BCUT2D eigenvalue weighted by atomic mass is 10.00. The fourth-order valence-corrected chi connectivity index (χ4v) is 1.72. The molecule has 0 bridgehead atoms. The maximum atomic E-state index is 12.0.